The number of methoxy groups -OCH3 is 1. The van der Waals surface area contributed by atoms with Crippen molar-refractivity contribution in [3.05, 3.63) is 58.1 Å². The minimum atomic E-state index is 0.0804. The summed E-state index contributed by atoms with van der Waals surface area (Å²) in [7, 11) is 1.65. The number of rotatable bonds is 4. The molecule has 0 saturated carbocycles. The highest BCUT2D eigenvalue weighted by atomic mass is 35.5. The molecule has 4 heteroatoms. The Morgan fingerprint density at radius 3 is 2.58 bits per heavy atom. The number of benzene rings is 2. The van der Waals surface area contributed by atoms with E-state index in [-0.39, 0.29) is 6.04 Å². The summed E-state index contributed by atoms with van der Waals surface area (Å²) in [5.41, 5.74) is 1.99. The number of nitrogens with one attached hydrogen (secondary N) is 1. The Bertz CT molecular complexity index is 572. The van der Waals surface area contributed by atoms with Crippen LogP contribution in [-0.4, -0.2) is 7.11 Å². The number of hydrogen-bond acceptors (Lipinski definition) is 2. The molecule has 0 aliphatic carbocycles. The summed E-state index contributed by atoms with van der Waals surface area (Å²) in [6, 6.07) is 13.4. The highest BCUT2D eigenvalue weighted by Gasteiger charge is 2.10. The van der Waals surface area contributed by atoms with E-state index in [1.807, 2.05) is 36.4 Å². The van der Waals surface area contributed by atoms with Gasteiger partial charge in [0.1, 0.15) is 5.75 Å². The smallest absolute Gasteiger partial charge is 0.120 e. The largest absolute Gasteiger partial charge is 0.497 e. The number of hydrogen-bond donors (Lipinski definition) is 1. The monoisotopic (exact) mass is 295 g/mol. The number of anilines is 1. The van der Waals surface area contributed by atoms with Gasteiger partial charge in [0, 0.05) is 27.8 Å². The second-order valence-electron chi connectivity index (χ2n) is 4.26. The molecule has 100 valence electrons. The Morgan fingerprint density at radius 2 is 1.89 bits per heavy atom. The van der Waals surface area contributed by atoms with Gasteiger partial charge in [-0.2, -0.15) is 0 Å². The average Bonchev–Trinajstić information content (AvgIpc) is 2.38. The predicted octanol–water partition coefficient (Wildman–Crippen LogP) is 5.18. The van der Waals surface area contributed by atoms with Crippen LogP contribution in [0.4, 0.5) is 5.69 Å². The molecule has 0 radical (unpaired) electrons. The number of halogens is 2. The summed E-state index contributed by atoms with van der Waals surface area (Å²) in [6.07, 6.45) is 0. The quantitative estimate of drug-likeness (QED) is 0.839. The lowest BCUT2D eigenvalue weighted by Gasteiger charge is -2.17. The van der Waals surface area contributed by atoms with Gasteiger partial charge < -0.3 is 10.1 Å². The maximum atomic E-state index is 6.20. The van der Waals surface area contributed by atoms with Gasteiger partial charge in [-0.25, -0.2) is 0 Å². The second kappa shape index (κ2) is 6.18. The molecule has 0 aliphatic rings. The SMILES string of the molecule is COc1cccc(NC(C)c2ccc(Cl)cc2Cl)c1. The Hall–Kier alpha value is -1.38. The highest BCUT2D eigenvalue weighted by molar-refractivity contribution is 6.35. The molecule has 0 bridgehead atoms. The van der Waals surface area contributed by atoms with Gasteiger partial charge in [-0.15, -0.1) is 0 Å². The molecule has 0 amide bonds. The lowest BCUT2D eigenvalue weighted by atomic mass is 10.1. The van der Waals surface area contributed by atoms with Gasteiger partial charge in [0.25, 0.3) is 0 Å². The van der Waals surface area contributed by atoms with E-state index in [1.54, 1.807) is 13.2 Å². The van der Waals surface area contributed by atoms with Gasteiger partial charge in [0.05, 0.1) is 7.11 Å². The van der Waals surface area contributed by atoms with E-state index < -0.39 is 0 Å². The Kier molecular flexibility index (Phi) is 4.56. The van der Waals surface area contributed by atoms with Crippen molar-refractivity contribution in [1.82, 2.24) is 0 Å². The van der Waals surface area contributed by atoms with Gasteiger partial charge in [-0.3, -0.25) is 0 Å². The van der Waals surface area contributed by atoms with E-state index in [4.69, 9.17) is 27.9 Å². The van der Waals surface area contributed by atoms with Crippen LogP contribution in [0.15, 0.2) is 42.5 Å². The summed E-state index contributed by atoms with van der Waals surface area (Å²) >= 11 is 12.1. The minimum absolute atomic E-state index is 0.0804. The predicted molar refractivity (Wildman–Crippen MR) is 81.5 cm³/mol. The van der Waals surface area contributed by atoms with E-state index in [9.17, 15) is 0 Å². The molecule has 0 fully saturated rings. The molecule has 19 heavy (non-hydrogen) atoms. The van der Waals surface area contributed by atoms with Crippen molar-refractivity contribution in [2.75, 3.05) is 12.4 Å². The van der Waals surface area contributed by atoms with Crippen molar-refractivity contribution >= 4 is 28.9 Å². The van der Waals surface area contributed by atoms with E-state index in [2.05, 4.69) is 12.2 Å². The van der Waals surface area contributed by atoms with Crippen molar-refractivity contribution < 1.29 is 4.74 Å². The van der Waals surface area contributed by atoms with E-state index in [0.29, 0.717) is 10.0 Å². The van der Waals surface area contributed by atoms with Crippen LogP contribution in [-0.2, 0) is 0 Å². The second-order valence-corrected chi connectivity index (χ2v) is 5.11. The molecular formula is C15H15Cl2NO. The molecule has 1 atom stereocenters. The van der Waals surface area contributed by atoms with Crippen molar-refractivity contribution in [2.45, 2.75) is 13.0 Å². The van der Waals surface area contributed by atoms with Crippen LogP contribution in [0, 0.1) is 0 Å². The lowest BCUT2D eigenvalue weighted by Crippen LogP contribution is -2.07. The van der Waals surface area contributed by atoms with Gasteiger partial charge in [-0.05, 0) is 36.8 Å². The first-order valence-corrected chi connectivity index (χ1v) is 6.71. The summed E-state index contributed by atoms with van der Waals surface area (Å²) in [5.74, 6) is 0.819. The van der Waals surface area contributed by atoms with E-state index in [0.717, 1.165) is 17.0 Å². The van der Waals surface area contributed by atoms with Crippen molar-refractivity contribution in [3.63, 3.8) is 0 Å². The third-order valence-corrected chi connectivity index (χ3v) is 3.44. The van der Waals surface area contributed by atoms with Gasteiger partial charge >= 0.3 is 0 Å². The Morgan fingerprint density at radius 1 is 1.11 bits per heavy atom. The maximum absolute atomic E-state index is 6.20. The third kappa shape index (κ3) is 3.55. The van der Waals surface area contributed by atoms with Gasteiger partial charge in [0.15, 0.2) is 0 Å². The van der Waals surface area contributed by atoms with Crippen molar-refractivity contribution in [2.24, 2.45) is 0 Å². The Labute approximate surface area is 123 Å². The van der Waals surface area contributed by atoms with E-state index >= 15 is 0 Å². The van der Waals surface area contributed by atoms with Crippen LogP contribution >= 0.6 is 23.2 Å². The molecule has 1 unspecified atom stereocenters. The average molecular weight is 296 g/mol. The van der Waals surface area contributed by atoms with Crippen LogP contribution in [0.25, 0.3) is 0 Å². The topological polar surface area (TPSA) is 21.3 Å². The van der Waals surface area contributed by atoms with E-state index in [1.165, 1.54) is 0 Å². The minimum Gasteiger partial charge on any atom is -0.497 e. The summed E-state index contributed by atoms with van der Waals surface area (Å²) < 4.78 is 5.20. The van der Waals surface area contributed by atoms with Crippen LogP contribution in [0.3, 0.4) is 0 Å². The maximum Gasteiger partial charge on any atom is 0.120 e. The fraction of sp³-hybridized carbons (Fsp3) is 0.200. The first-order chi connectivity index (χ1) is 9.10. The Balaban J connectivity index is 2.17. The molecule has 0 heterocycles. The fourth-order valence-electron chi connectivity index (χ4n) is 1.89. The normalized spacial score (nSPS) is 12.0. The zero-order valence-electron chi connectivity index (χ0n) is 10.8. The van der Waals surface area contributed by atoms with Crippen LogP contribution in [0.1, 0.15) is 18.5 Å². The first kappa shape index (κ1) is 14.0. The molecular weight excluding hydrogens is 281 g/mol. The zero-order chi connectivity index (χ0) is 13.8. The number of ether oxygens (including phenoxy) is 1. The molecule has 2 aromatic rings. The third-order valence-electron chi connectivity index (χ3n) is 2.88. The molecule has 0 aliphatic heterocycles. The summed E-state index contributed by atoms with van der Waals surface area (Å²) in [6.45, 7) is 2.05. The fourth-order valence-corrected chi connectivity index (χ4v) is 2.47. The van der Waals surface area contributed by atoms with Crippen LogP contribution in [0.2, 0.25) is 10.0 Å². The zero-order valence-corrected chi connectivity index (χ0v) is 12.3. The van der Waals surface area contributed by atoms with Crippen LogP contribution < -0.4 is 10.1 Å². The summed E-state index contributed by atoms with van der Waals surface area (Å²) in [4.78, 5) is 0. The molecule has 2 aromatic carbocycles. The molecule has 0 aromatic heterocycles. The van der Waals surface area contributed by atoms with Crippen LogP contribution in [0.5, 0.6) is 5.75 Å². The molecule has 1 N–H and O–H groups in total. The molecule has 0 spiro atoms. The van der Waals surface area contributed by atoms with Gasteiger partial charge in [0.2, 0.25) is 0 Å². The first-order valence-electron chi connectivity index (χ1n) is 5.95. The van der Waals surface area contributed by atoms with Crippen molar-refractivity contribution in [1.29, 1.82) is 0 Å². The summed E-state index contributed by atoms with van der Waals surface area (Å²) in [5, 5.41) is 4.69. The highest BCUT2D eigenvalue weighted by Crippen LogP contribution is 2.29. The molecule has 2 rings (SSSR count). The standard InChI is InChI=1S/C15H15Cl2NO/c1-10(14-7-6-11(16)8-15(14)17)18-12-4-3-5-13(9-12)19-2/h3-10,18H,1-2H3. The van der Waals surface area contributed by atoms with Gasteiger partial charge in [-0.1, -0.05) is 35.3 Å². The van der Waals surface area contributed by atoms with Crippen molar-refractivity contribution in [3.8, 4) is 5.75 Å². The lowest BCUT2D eigenvalue weighted by molar-refractivity contribution is 0.415. The molecule has 0 saturated heterocycles. The molecule has 2 nitrogen and oxygen atoms in total.